The van der Waals surface area contributed by atoms with Gasteiger partial charge in [0.2, 0.25) is 0 Å². The zero-order valence-electron chi connectivity index (χ0n) is 56.1. The molecule has 0 radical (unpaired) electrons. The lowest BCUT2D eigenvalue weighted by Gasteiger charge is -2.30. The minimum atomic E-state index is -0.152. The van der Waals surface area contributed by atoms with Gasteiger partial charge in [0.05, 0.1) is 89.8 Å². The number of hydrogen-bond acceptors (Lipinski definition) is 2. The van der Waals surface area contributed by atoms with Gasteiger partial charge in [0, 0.05) is 71.2 Å². The van der Waals surface area contributed by atoms with Crippen molar-refractivity contribution in [1.29, 1.82) is 5.26 Å². The summed E-state index contributed by atoms with van der Waals surface area (Å²) in [5.41, 5.74) is 21.2. The second-order valence-electron chi connectivity index (χ2n) is 30.4. The molecule has 17 rings (SSSR count). The monoisotopic (exact) mass is 1230 g/mol. The van der Waals surface area contributed by atoms with Crippen molar-refractivity contribution < 1.29 is 0 Å². The number of para-hydroxylation sites is 6. The van der Waals surface area contributed by atoms with E-state index in [0.29, 0.717) is 5.56 Å². The molecule has 462 valence electrons. The van der Waals surface area contributed by atoms with E-state index in [2.05, 4.69) is 336 Å². The molecule has 6 aromatic heterocycles. The second-order valence-corrected chi connectivity index (χ2v) is 30.4. The van der Waals surface area contributed by atoms with Crippen LogP contribution >= 0.6 is 0 Å². The number of rotatable bonds is 6. The maximum absolute atomic E-state index is 13.5. The third kappa shape index (κ3) is 8.59. The summed E-state index contributed by atoms with van der Waals surface area (Å²) in [4.78, 5) is 4.90. The van der Waals surface area contributed by atoms with Crippen LogP contribution in [0.5, 0.6) is 0 Å². The second kappa shape index (κ2) is 20.5. The van der Waals surface area contributed by atoms with E-state index in [1.54, 1.807) is 0 Å². The molecule has 0 saturated heterocycles. The Morgan fingerprint density at radius 1 is 0.284 bits per heavy atom. The van der Waals surface area contributed by atoms with Gasteiger partial charge in [0.25, 0.3) is 0 Å². The summed E-state index contributed by atoms with van der Waals surface area (Å²) in [6.45, 7) is 27.6. The molecule has 0 aliphatic rings. The summed E-state index contributed by atoms with van der Waals surface area (Å²) in [6.07, 6.45) is 3.93. The fourth-order valence-corrected chi connectivity index (χ4v) is 15.6. The van der Waals surface area contributed by atoms with Crippen molar-refractivity contribution >= 4 is 109 Å². The van der Waals surface area contributed by atoms with Crippen LogP contribution in [-0.4, -0.2) is 27.8 Å². The molecule has 95 heavy (non-hydrogen) atoms. The van der Waals surface area contributed by atoms with Crippen molar-refractivity contribution in [2.24, 2.45) is 0 Å². The number of pyridine rings is 1. The van der Waals surface area contributed by atoms with E-state index in [1.165, 1.54) is 22.3 Å². The average Bonchev–Trinajstić information content (AvgIpc) is 1.59. The standard InChI is InChI=1S/C88H75N7/c1-85(2,3)53-37-41-75-64(47-53)58-26-14-20-32-70(58)92(75)81-68(51-89)82(93-71-33-21-15-27-59(71)65-48-54(86(4,5)6)38-42-76(65)93)84(95-73-35-23-17-29-61(73)67-50-56(88(10,11)12)40-44-78(67)95)80(83(81)94-72-34-22-16-28-60(72)66-49-55(87(7,8)9)39-43-77(66)94)63-30-18-24-36-74(63)91-69-31-19-13-25-57(69)62-45-46-90-52-79(62)91/h13-50,52H,1-12H3. The Bertz CT molecular complexity index is 5810. The summed E-state index contributed by atoms with van der Waals surface area (Å²) in [5, 5.41) is 24.7. The van der Waals surface area contributed by atoms with Crippen LogP contribution in [0, 0.1) is 11.3 Å². The Morgan fingerprint density at radius 3 is 0.916 bits per heavy atom. The van der Waals surface area contributed by atoms with Crippen LogP contribution in [0.1, 0.15) is 111 Å². The quantitative estimate of drug-likeness (QED) is 0.167. The van der Waals surface area contributed by atoms with Crippen LogP contribution in [0.3, 0.4) is 0 Å². The van der Waals surface area contributed by atoms with Crippen LogP contribution in [0.25, 0.3) is 149 Å². The van der Waals surface area contributed by atoms with E-state index < -0.39 is 0 Å². The molecular formula is C88H75N7. The molecule has 7 heteroatoms. The van der Waals surface area contributed by atoms with Gasteiger partial charge in [0.15, 0.2) is 0 Å². The molecule has 0 amide bonds. The topological polar surface area (TPSA) is 61.3 Å². The van der Waals surface area contributed by atoms with E-state index in [0.717, 1.165) is 149 Å². The lowest BCUT2D eigenvalue weighted by molar-refractivity contribution is 0.591. The van der Waals surface area contributed by atoms with Crippen molar-refractivity contribution in [2.75, 3.05) is 0 Å². The van der Waals surface area contributed by atoms with Crippen LogP contribution in [-0.2, 0) is 21.7 Å². The predicted molar refractivity (Wildman–Crippen MR) is 401 cm³/mol. The van der Waals surface area contributed by atoms with E-state index >= 15 is 0 Å². The highest BCUT2D eigenvalue weighted by Crippen LogP contribution is 2.54. The van der Waals surface area contributed by atoms with Crippen LogP contribution < -0.4 is 0 Å². The van der Waals surface area contributed by atoms with Crippen LogP contribution in [0.4, 0.5) is 0 Å². The smallest absolute Gasteiger partial charge is 0.104 e. The van der Waals surface area contributed by atoms with Gasteiger partial charge in [-0.1, -0.05) is 217 Å². The zero-order valence-corrected chi connectivity index (χ0v) is 56.1. The SMILES string of the molecule is CC(C)(C)c1ccc2c(c1)c1ccccc1n2-c1c(C#N)c(-n2c3ccccc3c3cc(C(C)(C)C)ccc32)c(-n2c3ccccc3c3cc(C(C)(C)C)ccc32)c(-c2ccccc2-n2c3ccccc3c3ccncc32)c1-n1c2ccccc2c2cc(C(C)(C)C)ccc21. The number of nitriles is 1. The van der Waals surface area contributed by atoms with Gasteiger partial charge in [-0.3, -0.25) is 4.98 Å². The first-order chi connectivity index (χ1) is 45.7. The van der Waals surface area contributed by atoms with Crippen molar-refractivity contribution in [3.8, 4) is 45.6 Å². The number of benzene rings is 11. The van der Waals surface area contributed by atoms with E-state index in [9.17, 15) is 5.26 Å². The molecule has 0 aliphatic heterocycles. The van der Waals surface area contributed by atoms with Crippen molar-refractivity contribution in [3.05, 3.63) is 265 Å². The minimum absolute atomic E-state index is 0.150. The van der Waals surface area contributed by atoms with Crippen molar-refractivity contribution in [1.82, 2.24) is 27.8 Å². The Balaban J connectivity index is 1.23. The van der Waals surface area contributed by atoms with E-state index in [-0.39, 0.29) is 21.7 Å². The van der Waals surface area contributed by atoms with Gasteiger partial charge in [-0.15, -0.1) is 0 Å². The highest BCUT2D eigenvalue weighted by Gasteiger charge is 2.37. The van der Waals surface area contributed by atoms with Gasteiger partial charge >= 0.3 is 0 Å². The molecule has 0 N–H and O–H groups in total. The summed E-state index contributed by atoms with van der Waals surface area (Å²) in [6, 6.07) is 87.0. The molecule has 6 heterocycles. The fraction of sp³-hybridized carbons (Fsp3) is 0.182. The lowest BCUT2D eigenvalue weighted by atomic mass is 9.86. The number of hydrogen-bond donors (Lipinski definition) is 0. The van der Waals surface area contributed by atoms with E-state index in [1.807, 2.05) is 12.4 Å². The molecule has 0 fully saturated rings. The normalized spacial score (nSPS) is 12.8. The molecule has 0 unspecified atom stereocenters. The van der Waals surface area contributed by atoms with Gasteiger partial charge in [-0.25, -0.2) is 0 Å². The molecular weight excluding hydrogens is 1160 g/mol. The lowest BCUT2D eigenvalue weighted by Crippen LogP contribution is -2.17. The van der Waals surface area contributed by atoms with Gasteiger partial charge in [0.1, 0.15) is 11.6 Å². The largest absolute Gasteiger partial charge is 0.307 e. The Kier molecular flexibility index (Phi) is 12.5. The predicted octanol–water partition coefficient (Wildman–Crippen LogP) is 23.3. The minimum Gasteiger partial charge on any atom is -0.307 e. The van der Waals surface area contributed by atoms with Gasteiger partial charge < -0.3 is 22.8 Å². The number of fused-ring (bicyclic) bond motifs is 15. The number of aromatic nitrogens is 6. The molecule has 11 aromatic carbocycles. The van der Waals surface area contributed by atoms with Gasteiger partial charge in [-0.2, -0.15) is 5.26 Å². The summed E-state index contributed by atoms with van der Waals surface area (Å²) >= 11 is 0. The van der Waals surface area contributed by atoms with Crippen LogP contribution in [0.2, 0.25) is 0 Å². The summed E-state index contributed by atoms with van der Waals surface area (Å²) in [5.74, 6) is 0. The molecule has 0 aliphatic carbocycles. The number of nitrogens with zero attached hydrogens (tertiary/aromatic N) is 7. The molecule has 0 bridgehead atoms. The highest BCUT2D eigenvalue weighted by molar-refractivity contribution is 6.18. The Hall–Kier alpha value is -10.9. The Morgan fingerprint density at radius 2 is 0.568 bits per heavy atom. The average molecular weight is 1230 g/mol. The molecule has 7 nitrogen and oxygen atoms in total. The third-order valence-corrected chi connectivity index (χ3v) is 20.4. The summed E-state index contributed by atoms with van der Waals surface area (Å²) < 4.78 is 12.4. The maximum atomic E-state index is 13.5. The van der Waals surface area contributed by atoms with Gasteiger partial charge in [-0.05, 0) is 135 Å². The third-order valence-electron chi connectivity index (χ3n) is 20.4. The zero-order chi connectivity index (χ0) is 65.4. The molecule has 0 spiro atoms. The summed E-state index contributed by atoms with van der Waals surface area (Å²) in [7, 11) is 0. The Labute approximate surface area is 554 Å². The fourth-order valence-electron chi connectivity index (χ4n) is 15.6. The first-order valence-electron chi connectivity index (χ1n) is 33.4. The van der Waals surface area contributed by atoms with Crippen LogP contribution in [0.15, 0.2) is 237 Å². The van der Waals surface area contributed by atoms with E-state index in [4.69, 9.17) is 4.98 Å². The highest BCUT2D eigenvalue weighted by atomic mass is 15.1. The molecule has 17 aromatic rings. The molecule has 0 saturated carbocycles. The van der Waals surface area contributed by atoms with Crippen molar-refractivity contribution in [2.45, 2.75) is 105 Å². The first kappa shape index (κ1) is 57.9. The van der Waals surface area contributed by atoms with Crippen molar-refractivity contribution in [3.63, 3.8) is 0 Å². The first-order valence-corrected chi connectivity index (χ1v) is 33.4. The maximum Gasteiger partial charge on any atom is 0.104 e. The molecule has 0 atom stereocenters.